The molecule has 0 bridgehead atoms. The van der Waals surface area contributed by atoms with Crippen molar-refractivity contribution in [1.82, 2.24) is 20.4 Å². The predicted molar refractivity (Wildman–Crippen MR) is 88.3 cm³/mol. The van der Waals surface area contributed by atoms with Gasteiger partial charge in [0.1, 0.15) is 5.69 Å². The summed E-state index contributed by atoms with van der Waals surface area (Å²) in [6.45, 7) is 4.51. The molecule has 6 nitrogen and oxygen atoms in total. The Kier molecular flexibility index (Phi) is 5.16. The van der Waals surface area contributed by atoms with Gasteiger partial charge in [-0.3, -0.25) is 14.3 Å². The van der Waals surface area contributed by atoms with Gasteiger partial charge in [-0.15, -0.1) is 0 Å². The van der Waals surface area contributed by atoms with Crippen LogP contribution in [0.4, 0.5) is 0 Å². The molecule has 2 aromatic rings. The molecule has 23 heavy (non-hydrogen) atoms. The summed E-state index contributed by atoms with van der Waals surface area (Å²) in [6.07, 6.45) is 0. The first-order chi connectivity index (χ1) is 10.9. The van der Waals surface area contributed by atoms with Crippen LogP contribution in [0.3, 0.4) is 0 Å². The molecule has 1 aromatic carbocycles. The van der Waals surface area contributed by atoms with Crippen LogP contribution in [0.15, 0.2) is 30.3 Å². The second-order valence-corrected chi connectivity index (χ2v) is 5.69. The highest BCUT2D eigenvalue weighted by molar-refractivity contribution is 5.94. The molecule has 0 aliphatic rings. The Morgan fingerprint density at radius 3 is 2.35 bits per heavy atom. The maximum absolute atomic E-state index is 12.2. The summed E-state index contributed by atoms with van der Waals surface area (Å²) in [5, 5.41) is 9.66. The number of amides is 2. The van der Waals surface area contributed by atoms with Gasteiger partial charge in [-0.1, -0.05) is 26.0 Å². The topological polar surface area (TPSA) is 76.0 Å². The third-order valence-corrected chi connectivity index (χ3v) is 3.64. The van der Waals surface area contributed by atoms with Gasteiger partial charge in [0.15, 0.2) is 0 Å². The molecule has 0 spiro atoms. The minimum absolute atomic E-state index is 0.129. The number of carbonyl (C=O) groups is 2. The smallest absolute Gasteiger partial charge is 0.272 e. The Hall–Kier alpha value is -2.63. The molecule has 0 atom stereocenters. The Bertz CT molecular complexity index is 702. The number of rotatable bonds is 5. The van der Waals surface area contributed by atoms with Crippen LogP contribution >= 0.6 is 0 Å². The van der Waals surface area contributed by atoms with Crippen LogP contribution in [0.1, 0.15) is 51.9 Å². The Labute approximate surface area is 135 Å². The van der Waals surface area contributed by atoms with Crippen LogP contribution in [0.2, 0.25) is 0 Å². The summed E-state index contributed by atoms with van der Waals surface area (Å²) in [4.78, 5) is 23.7. The van der Waals surface area contributed by atoms with E-state index in [2.05, 4.69) is 29.6 Å². The van der Waals surface area contributed by atoms with Crippen molar-refractivity contribution in [2.24, 2.45) is 7.05 Å². The molecule has 2 N–H and O–H groups in total. The lowest BCUT2D eigenvalue weighted by Gasteiger charge is -2.05. The van der Waals surface area contributed by atoms with Crippen LogP contribution in [-0.2, 0) is 13.6 Å². The van der Waals surface area contributed by atoms with E-state index in [0.717, 1.165) is 11.3 Å². The Balaban J connectivity index is 1.99. The van der Waals surface area contributed by atoms with E-state index in [0.29, 0.717) is 23.7 Å². The number of benzene rings is 1. The zero-order valence-corrected chi connectivity index (χ0v) is 13.9. The van der Waals surface area contributed by atoms with E-state index in [1.165, 1.54) is 0 Å². The molecule has 0 saturated carbocycles. The summed E-state index contributed by atoms with van der Waals surface area (Å²) >= 11 is 0. The van der Waals surface area contributed by atoms with Crippen molar-refractivity contribution in [3.8, 4) is 0 Å². The van der Waals surface area contributed by atoms with Gasteiger partial charge in [0.05, 0.1) is 0 Å². The molecule has 0 unspecified atom stereocenters. The molecule has 0 aliphatic carbocycles. The number of nitrogens with zero attached hydrogens (tertiary/aromatic N) is 2. The number of hydrogen-bond donors (Lipinski definition) is 2. The molecule has 122 valence electrons. The van der Waals surface area contributed by atoms with Gasteiger partial charge in [-0.05, 0) is 29.7 Å². The Morgan fingerprint density at radius 2 is 1.83 bits per heavy atom. The van der Waals surface area contributed by atoms with Gasteiger partial charge in [0, 0.05) is 31.9 Å². The van der Waals surface area contributed by atoms with Crippen molar-refractivity contribution in [2.75, 3.05) is 7.05 Å². The summed E-state index contributed by atoms with van der Waals surface area (Å²) in [5.41, 5.74) is 2.95. The number of aromatic nitrogens is 2. The standard InChI is InChI=1S/C17H22N4O2/c1-11(2)15-9-14(20-21(15)4)17(23)19-10-12-5-7-13(8-6-12)16(22)18-3/h5-9,11H,10H2,1-4H3,(H,18,22)(H,19,23). The minimum atomic E-state index is -0.206. The SMILES string of the molecule is CNC(=O)c1ccc(CNC(=O)c2cc(C(C)C)n(C)n2)cc1. The summed E-state index contributed by atoms with van der Waals surface area (Å²) in [5.74, 6) is -0.0236. The third kappa shape index (κ3) is 3.97. The Morgan fingerprint density at radius 1 is 1.17 bits per heavy atom. The van der Waals surface area contributed by atoms with Gasteiger partial charge in [0.25, 0.3) is 11.8 Å². The van der Waals surface area contributed by atoms with E-state index < -0.39 is 0 Å². The van der Waals surface area contributed by atoms with Crippen molar-refractivity contribution < 1.29 is 9.59 Å². The molecule has 6 heteroatoms. The average molecular weight is 314 g/mol. The monoisotopic (exact) mass is 314 g/mol. The number of hydrogen-bond acceptors (Lipinski definition) is 3. The molecule has 1 heterocycles. The first kappa shape index (κ1) is 16.7. The molecule has 0 saturated heterocycles. The highest BCUT2D eigenvalue weighted by Gasteiger charge is 2.14. The van der Waals surface area contributed by atoms with Gasteiger partial charge in [-0.25, -0.2) is 0 Å². The maximum atomic E-state index is 12.2. The second kappa shape index (κ2) is 7.09. The summed E-state index contributed by atoms with van der Waals surface area (Å²) in [7, 11) is 3.43. The van der Waals surface area contributed by atoms with Crippen molar-refractivity contribution >= 4 is 11.8 Å². The minimum Gasteiger partial charge on any atom is -0.355 e. The van der Waals surface area contributed by atoms with Crippen molar-refractivity contribution in [1.29, 1.82) is 0 Å². The zero-order chi connectivity index (χ0) is 17.0. The number of carbonyl (C=O) groups excluding carboxylic acids is 2. The normalized spacial score (nSPS) is 10.7. The fourth-order valence-electron chi connectivity index (χ4n) is 2.32. The van der Waals surface area contributed by atoms with Crippen LogP contribution in [0.5, 0.6) is 0 Å². The van der Waals surface area contributed by atoms with Gasteiger partial charge in [-0.2, -0.15) is 5.10 Å². The van der Waals surface area contributed by atoms with E-state index in [-0.39, 0.29) is 11.8 Å². The van der Waals surface area contributed by atoms with E-state index in [1.807, 2.05) is 25.2 Å². The van der Waals surface area contributed by atoms with Crippen molar-refractivity contribution in [3.63, 3.8) is 0 Å². The van der Waals surface area contributed by atoms with Gasteiger partial charge in [0.2, 0.25) is 0 Å². The van der Waals surface area contributed by atoms with E-state index in [4.69, 9.17) is 0 Å². The quantitative estimate of drug-likeness (QED) is 0.884. The van der Waals surface area contributed by atoms with E-state index in [1.54, 1.807) is 23.9 Å². The maximum Gasteiger partial charge on any atom is 0.272 e. The second-order valence-electron chi connectivity index (χ2n) is 5.69. The molecule has 2 amide bonds. The molecule has 2 rings (SSSR count). The fourth-order valence-corrected chi connectivity index (χ4v) is 2.32. The largest absolute Gasteiger partial charge is 0.355 e. The van der Waals surface area contributed by atoms with E-state index >= 15 is 0 Å². The lowest BCUT2D eigenvalue weighted by molar-refractivity contribution is 0.0941. The number of aryl methyl sites for hydroxylation is 1. The molecule has 1 aromatic heterocycles. The summed E-state index contributed by atoms with van der Waals surface area (Å²) in [6, 6.07) is 8.93. The van der Waals surface area contributed by atoms with Crippen LogP contribution in [0, 0.1) is 0 Å². The van der Waals surface area contributed by atoms with Gasteiger partial charge < -0.3 is 10.6 Å². The fraction of sp³-hybridized carbons (Fsp3) is 0.353. The number of nitrogens with one attached hydrogen (secondary N) is 2. The molecular weight excluding hydrogens is 292 g/mol. The van der Waals surface area contributed by atoms with Crippen LogP contribution < -0.4 is 10.6 Å². The first-order valence-corrected chi connectivity index (χ1v) is 7.55. The first-order valence-electron chi connectivity index (χ1n) is 7.55. The highest BCUT2D eigenvalue weighted by Crippen LogP contribution is 2.14. The third-order valence-electron chi connectivity index (χ3n) is 3.64. The van der Waals surface area contributed by atoms with E-state index in [9.17, 15) is 9.59 Å². The average Bonchev–Trinajstić information content (AvgIpc) is 2.94. The molecule has 0 radical (unpaired) electrons. The summed E-state index contributed by atoms with van der Waals surface area (Å²) < 4.78 is 1.73. The lowest BCUT2D eigenvalue weighted by atomic mass is 10.1. The zero-order valence-electron chi connectivity index (χ0n) is 13.9. The lowest BCUT2D eigenvalue weighted by Crippen LogP contribution is -2.23. The molecule has 0 aliphatic heterocycles. The van der Waals surface area contributed by atoms with Crippen molar-refractivity contribution in [3.05, 3.63) is 52.8 Å². The highest BCUT2D eigenvalue weighted by atomic mass is 16.2. The predicted octanol–water partition coefficient (Wildman–Crippen LogP) is 1.83. The molecular formula is C17H22N4O2. The van der Waals surface area contributed by atoms with Crippen LogP contribution in [0.25, 0.3) is 0 Å². The van der Waals surface area contributed by atoms with Crippen LogP contribution in [-0.4, -0.2) is 28.6 Å². The van der Waals surface area contributed by atoms with Crippen molar-refractivity contribution in [2.45, 2.75) is 26.3 Å². The molecule has 0 fully saturated rings. The van der Waals surface area contributed by atoms with Gasteiger partial charge >= 0.3 is 0 Å².